The Bertz CT molecular complexity index is 489. The molecule has 2 aromatic rings. The number of hydrogen-bond donors (Lipinski definition) is 1. The van der Waals surface area contributed by atoms with Gasteiger partial charge >= 0.3 is 0 Å². The number of ether oxygens (including phenoxy) is 1. The van der Waals surface area contributed by atoms with Crippen LogP contribution in [0.15, 0.2) is 18.3 Å². The average molecular weight is 273 g/mol. The van der Waals surface area contributed by atoms with Gasteiger partial charge in [0.1, 0.15) is 5.01 Å². The van der Waals surface area contributed by atoms with Crippen molar-refractivity contribution in [1.29, 1.82) is 0 Å². The third kappa shape index (κ3) is 3.12. The molecule has 0 fully saturated rings. The Balaban J connectivity index is 0.00000144. The Morgan fingerprint density at radius 3 is 2.82 bits per heavy atom. The Hall–Kier alpha value is -1.24. The number of methoxy groups -OCH3 is 1. The molecule has 5 nitrogen and oxygen atoms in total. The van der Waals surface area contributed by atoms with Gasteiger partial charge in [-0.2, -0.15) is 4.37 Å². The van der Waals surface area contributed by atoms with E-state index >= 15 is 0 Å². The summed E-state index contributed by atoms with van der Waals surface area (Å²) >= 11 is 1.32. The summed E-state index contributed by atoms with van der Waals surface area (Å²) in [7, 11) is 1.58. The Labute approximate surface area is 110 Å². The molecule has 0 radical (unpaired) electrons. The second kappa shape index (κ2) is 5.90. The van der Waals surface area contributed by atoms with Gasteiger partial charge in [0, 0.05) is 17.8 Å². The van der Waals surface area contributed by atoms with Crippen LogP contribution in [0.25, 0.3) is 11.4 Å². The molecular weight excluding hydrogens is 260 g/mol. The minimum absolute atomic E-state index is 0. The normalized spacial score (nSPS) is 11.7. The number of aromatic nitrogens is 3. The van der Waals surface area contributed by atoms with E-state index in [1.807, 2.05) is 13.0 Å². The number of halogens is 1. The van der Waals surface area contributed by atoms with Crippen LogP contribution in [-0.2, 0) is 0 Å². The van der Waals surface area contributed by atoms with E-state index in [1.54, 1.807) is 19.4 Å². The number of nitrogens with zero attached hydrogens (tertiary/aromatic N) is 3. The van der Waals surface area contributed by atoms with Gasteiger partial charge in [0.25, 0.3) is 0 Å². The molecule has 0 aliphatic heterocycles. The van der Waals surface area contributed by atoms with E-state index in [4.69, 9.17) is 10.5 Å². The van der Waals surface area contributed by atoms with Crippen LogP contribution in [0, 0.1) is 0 Å². The Morgan fingerprint density at radius 2 is 2.24 bits per heavy atom. The largest absolute Gasteiger partial charge is 0.481 e. The highest BCUT2D eigenvalue weighted by molar-refractivity contribution is 7.05. The predicted octanol–water partition coefficient (Wildman–Crippen LogP) is 2.05. The highest BCUT2D eigenvalue weighted by Gasteiger charge is 2.10. The molecule has 0 amide bonds. The van der Waals surface area contributed by atoms with Crippen LogP contribution in [0.5, 0.6) is 5.88 Å². The maximum atomic E-state index is 5.73. The van der Waals surface area contributed by atoms with Gasteiger partial charge < -0.3 is 10.5 Å². The number of pyridine rings is 1. The van der Waals surface area contributed by atoms with Gasteiger partial charge in [-0.15, -0.1) is 12.4 Å². The first-order valence-electron chi connectivity index (χ1n) is 4.80. The fourth-order valence-corrected chi connectivity index (χ4v) is 1.82. The molecule has 0 aromatic carbocycles. The molecule has 2 N–H and O–H groups in total. The van der Waals surface area contributed by atoms with Crippen LogP contribution in [0.2, 0.25) is 0 Å². The van der Waals surface area contributed by atoms with Crippen molar-refractivity contribution in [3.05, 3.63) is 23.3 Å². The van der Waals surface area contributed by atoms with E-state index < -0.39 is 0 Å². The average Bonchev–Trinajstić information content (AvgIpc) is 2.78. The van der Waals surface area contributed by atoms with Gasteiger partial charge in [-0.25, -0.2) is 9.97 Å². The van der Waals surface area contributed by atoms with Crippen LogP contribution in [0.3, 0.4) is 0 Å². The zero-order chi connectivity index (χ0) is 11.5. The van der Waals surface area contributed by atoms with E-state index in [0.29, 0.717) is 11.7 Å². The van der Waals surface area contributed by atoms with Gasteiger partial charge in [0.2, 0.25) is 5.88 Å². The van der Waals surface area contributed by atoms with Crippen molar-refractivity contribution < 1.29 is 4.74 Å². The molecule has 1 atom stereocenters. The van der Waals surface area contributed by atoms with Crippen LogP contribution >= 0.6 is 23.9 Å². The smallest absolute Gasteiger partial charge is 0.213 e. The van der Waals surface area contributed by atoms with Crippen LogP contribution < -0.4 is 10.5 Å². The van der Waals surface area contributed by atoms with Gasteiger partial charge in [0.05, 0.1) is 13.2 Å². The lowest BCUT2D eigenvalue weighted by atomic mass is 10.2. The summed E-state index contributed by atoms with van der Waals surface area (Å²) in [6.45, 7) is 1.89. The van der Waals surface area contributed by atoms with E-state index in [0.717, 1.165) is 10.6 Å². The highest BCUT2D eigenvalue weighted by Crippen LogP contribution is 2.22. The number of hydrogen-bond acceptors (Lipinski definition) is 6. The fraction of sp³-hybridized carbons (Fsp3) is 0.300. The van der Waals surface area contributed by atoms with Gasteiger partial charge in [-0.1, -0.05) is 0 Å². The summed E-state index contributed by atoms with van der Waals surface area (Å²) in [6, 6.07) is 3.55. The Kier molecular flexibility index (Phi) is 4.80. The lowest BCUT2D eigenvalue weighted by molar-refractivity contribution is 0.398. The van der Waals surface area contributed by atoms with Crippen molar-refractivity contribution in [1.82, 2.24) is 14.3 Å². The Morgan fingerprint density at radius 1 is 1.47 bits per heavy atom. The lowest BCUT2D eigenvalue weighted by Gasteiger charge is -1.99. The van der Waals surface area contributed by atoms with Gasteiger partial charge in [0.15, 0.2) is 5.82 Å². The lowest BCUT2D eigenvalue weighted by Crippen LogP contribution is -2.03. The summed E-state index contributed by atoms with van der Waals surface area (Å²) in [4.78, 5) is 8.38. The molecule has 17 heavy (non-hydrogen) atoms. The SMILES string of the molecule is COc1cc(-c2nsc([C@@H](C)N)n2)ccn1.Cl. The summed E-state index contributed by atoms with van der Waals surface area (Å²) in [5.41, 5.74) is 6.62. The fourth-order valence-electron chi connectivity index (χ4n) is 1.20. The van der Waals surface area contributed by atoms with E-state index in [2.05, 4.69) is 14.3 Å². The van der Waals surface area contributed by atoms with Crippen LogP contribution in [0.1, 0.15) is 18.0 Å². The highest BCUT2D eigenvalue weighted by atomic mass is 35.5. The van der Waals surface area contributed by atoms with Crippen molar-refractivity contribution in [3.8, 4) is 17.3 Å². The molecule has 0 saturated carbocycles. The third-order valence-corrected chi connectivity index (χ3v) is 2.95. The first kappa shape index (κ1) is 13.8. The van der Waals surface area contributed by atoms with Crippen molar-refractivity contribution in [2.45, 2.75) is 13.0 Å². The maximum Gasteiger partial charge on any atom is 0.213 e. The molecule has 7 heteroatoms. The van der Waals surface area contributed by atoms with E-state index in [-0.39, 0.29) is 18.4 Å². The first-order chi connectivity index (χ1) is 7.70. The topological polar surface area (TPSA) is 73.9 Å². The van der Waals surface area contributed by atoms with Crippen molar-refractivity contribution >= 4 is 23.9 Å². The molecule has 2 rings (SSSR count). The van der Waals surface area contributed by atoms with Crippen molar-refractivity contribution in [2.24, 2.45) is 5.73 Å². The molecule has 0 aliphatic rings. The maximum absolute atomic E-state index is 5.73. The van der Waals surface area contributed by atoms with Gasteiger partial charge in [-0.3, -0.25) is 0 Å². The summed E-state index contributed by atoms with van der Waals surface area (Å²) < 4.78 is 9.29. The third-order valence-electron chi connectivity index (χ3n) is 2.03. The molecule has 0 unspecified atom stereocenters. The minimum atomic E-state index is -0.0880. The predicted molar refractivity (Wildman–Crippen MR) is 69.5 cm³/mol. The quantitative estimate of drug-likeness (QED) is 0.926. The first-order valence-corrected chi connectivity index (χ1v) is 5.57. The zero-order valence-corrected chi connectivity index (χ0v) is 11.1. The van der Waals surface area contributed by atoms with E-state index in [1.165, 1.54) is 11.5 Å². The van der Waals surface area contributed by atoms with Crippen molar-refractivity contribution in [3.63, 3.8) is 0 Å². The molecule has 0 saturated heterocycles. The molecular formula is C10H13ClN4OS. The molecule has 2 heterocycles. The van der Waals surface area contributed by atoms with Gasteiger partial charge in [-0.05, 0) is 24.5 Å². The van der Waals surface area contributed by atoms with Crippen molar-refractivity contribution in [2.75, 3.05) is 7.11 Å². The number of rotatable bonds is 3. The molecule has 0 aliphatic carbocycles. The summed E-state index contributed by atoms with van der Waals surface area (Å²) in [5.74, 6) is 1.22. The standard InChI is InChI=1S/C10H12N4OS.ClH/c1-6(11)10-13-9(14-16-10)7-3-4-12-8(5-7)15-2;/h3-6H,11H2,1-2H3;1H/t6-;/m1./s1. The molecule has 0 spiro atoms. The zero-order valence-electron chi connectivity index (χ0n) is 9.45. The second-order valence-electron chi connectivity index (χ2n) is 3.33. The number of nitrogens with two attached hydrogens (primary N) is 1. The summed E-state index contributed by atoms with van der Waals surface area (Å²) in [5, 5.41) is 0.825. The minimum Gasteiger partial charge on any atom is -0.481 e. The monoisotopic (exact) mass is 272 g/mol. The van der Waals surface area contributed by atoms with E-state index in [9.17, 15) is 0 Å². The molecule has 2 aromatic heterocycles. The molecule has 0 bridgehead atoms. The van der Waals surface area contributed by atoms with Crippen LogP contribution in [-0.4, -0.2) is 21.5 Å². The summed E-state index contributed by atoms with van der Waals surface area (Å²) in [6.07, 6.45) is 1.67. The second-order valence-corrected chi connectivity index (χ2v) is 4.12. The van der Waals surface area contributed by atoms with Crippen LogP contribution in [0.4, 0.5) is 0 Å². The molecule has 92 valence electrons.